The summed E-state index contributed by atoms with van der Waals surface area (Å²) >= 11 is 0. The largest absolute Gasteiger partial charge is 0.490 e. The van der Waals surface area contributed by atoms with Gasteiger partial charge in [-0.1, -0.05) is 32.0 Å². The van der Waals surface area contributed by atoms with Crippen LogP contribution in [-0.2, 0) is 9.53 Å². The molecule has 2 heterocycles. The van der Waals surface area contributed by atoms with E-state index >= 15 is 0 Å². The molecule has 2 aromatic carbocycles. The monoisotopic (exact) mass is 449 g/mol. The lowest BCUT2D eigenvalue weighted by Crippen LogP contribution is -2.28. The van der Waals surface area contributed by atoms with Gasteiger partial charge in [0, 0.05) is 5.70 Å². The molecule has 0 bridgehead atoms. The van der Waals surface area contributed by atoms with Crippen LogP contribution in [0, 0.1) is 5.92 Å². The van der Waals surface area contributed by atoms with Crippen LogP contribution in [0.3, 0.4) is 0 Å². The number of nitrogens with one attached hydrogen (secondary N) is 1. The highest BCUT2D eigenvalue weighted by atomic mass is 16.5. The van der Waals surface area contributed by atoms with Gasteiger partial charge in [-0.25, -0.2) is 9.78 Å². The molecule has 0 fully saturated rings. The van der Waals surface area contributed by atoms with Gasteiger partial charge in [-0.15, -0.1) is 0 Å². The minimum Gasteiger partial charge on any atom is -0.490 e. The molecule has 0 aliphatic carbocycles. The Balaban J connectivity index is 1.84. The molecule has 1 aliphatic rings. The molecule has 0 saturated carbocycles. The first-order chi connectivity index (χ1) is 15.9. The van der Waals surface area contributed by atoms with Crippen molar-refractivity contribution in [1.29, 1.82) is 0 Å². The Labute approximate surface area is 194 Å². The normalized spacial score (nSPS) is 15.4. The van der Waals surface area contributed by atoms with Crippen molar-refractivity contribution in [2.45, 2.75) is 40.2 Å². The number of carbonyl (C=O) groups is 1. The number of methoxy groups -OCH3 is 1. The zero-order valence-corrected chi connectivity index (χ0v) is 19.8. The van der Waals surface area contributed by atoms with Crippen molar-refractivity contribution in [2.75, 3.05) is 25.6 Å². The van der Waals surface area contributed by atoms with Gasteiger partial charge in [0.25, 0.3) is 0 Å². The van der Waals surface area contributed by atoms with Gasteiger partial charge in [-0.3, -0.25) is 4.57 Å². The molecule has 4 rings (SSSR count). The molecular formula is C26H31N3O4. The molecule has 0 spiro atoms. The molecule has 174 valence electrons. The van der Waals surface area contributed by atoms with E-state index in [1.54, 1.807) is 0 Å². The number of rotatable bonds is 8. The number of hydrogen-bond donors (Lipinski definition) is 1. The lowest BCUT2D eigenvalue weighted by Gasteiger charge is -2.30. The zero-order chi connectivity index (χ0) is 23.5. The Morgan fingerprint density at radius 1 is 1.15 bits per heavy atom. The van der Waals surface area contributed by atoms with Gasteiger partial charge < -0.3 is 19.5 Å². The van der Waals surface area contributed by atoms with Crippen LogP contribution in [0.4, 0.5) is 5.95 Å². The van der Waals surface area contributed by atoms with E-state index in [2.05, 4.69) is 19.2 Å². The second-order valence-corrected chi connectivity index (χ2v) is 8.52. The van der Waals surface area contributed by atoms with Crippen LogP contribution in [-0.4, -0.2) is 35.8 Å². The molecule has 0 unspecified atom stereocenters. The predicted octanol–water partition coefficient (Wildman–Crippen LogP) is 5.32. The molecule has 0 radical (unpaired) electrons. The van der Waals surface area contributed by atoms with Gasteiger partial charge in [0.05, 0.1) is 43.0 Å². The summed E-state index contributed by atoms with van der Waals surface area (Å²) in [7, 11) is 1.40. The maximum atomic E-state index is 12.9. The van der Waals surface area contributed by atoms with Crippen LogP contribution >= 0.6 is 0 Å². The minimum absolute atomic E-state index is 0.386. The van der Waals surface area contributed by atoms with Gasteiger partial charge in [-0.05, 0) is 56.0 Å². The van der Waals surface area contributed by atoms with Crippen LogP contribution in [0.15, 0.2) is 53.7 Å². The number of allylic oxidation sites excluding steroid dienone is 1. The molecule has 3 aromatic rings. The van der Waals surface area contributed by atoms with Crippen molar-refractivity contribution in [1.82, 2.24) is 9.55 Å². The number of ether oxygens (including phenoxy) is 3. The highest BCUT2D eigenvalue weighted by Crippen LogP contribution is 2.42. The summed E-state index contributed by atoms with van der Waals surface area (Å²) in [6.07, 6.45) is 0.959. The number of nitrogens with zero attached hydrogens (tertiary/aromatic N) is 2. The first-order valence-corrected chi connectivity index (χ1v) is 11.4. The smallest absolute Gasteiger partial charge is 0.337 e. The third-order valence-corrected chi connectivity index (χ3v) is 5.77. The Morgan fingerprint density at radius 3 is 2.67 bits per heavy atom. The first kappa shape index (κ1) is 22.7. The standard InChI is InChI=1S/C26H31N3O4/c1-6-32-22-15-18(11-12-21(22)33-14-13-16(2)3)24-23(25(30)31-5)17(4)27-26-28-19-9-7-8-10-20(19)29(24)26/h7-12,15-16,24H,6,13-14H2,1-5H3,(H,27,28)/t24-/m1/s1. The molecule has 1 aromatic heterocycles. The number of hydrogen-bond acceptors (Lipinski definition) is 6. The van der Waals surface area contributed by atoms with Crippen LogP contribution in [0.2, 0.25) is 0 Å². The van der Waals surface area contributed by atoms with E-state index < -0.39 is 6.04 Å². The van der Waals surface area contributed by atoms with Crippen molar-refractivity contribution in [3.8, 4) is 11.5 Å². The van der Waals surface area contributed by atoms with E-state index in [-0.39, 0.29) is 5.97 Å². The lowest BCUT2D eigenvalue weighted by molar-refractivity contribution is -0.136. The second-order valence-electron chi connectivity index (χ2n) is 8.52. The summed E-state index contributed by atoms with van der Waals surface area (Å²) < 4.78 is 19.2. The number of carbonyl (C=O) groups excluding carboxylic acids is 1. The van der Waals surface area contributed by atoms with Crippen molar-refractivity contribution in [2.24, 2.45) is 5.92 Å². The van der Waals surface area contributed by atoms with Crippen molar-refractivity contribution < 1.29 is 19.0 Å². The highest BCUT2D eigenvalue weighted by molar-refractivity contribution is 5.94. The third-order valence-electron chi connectivity index (χ3n) is 5.77. The first-order valence-electron chi connectivity index (χ1n) is 11.4. The molecule has 7 heteroatoms. The van der Waals surface area contributed by atoms with E-state index in [4.69, 9.17) is 19.2 Å². The molecule has 1 aliphatic heterocycles. The number of para-hydroxylation sites is 2. The predicted molar refractivity (Wildman–Crippen MR) is 129 cm³/mol. The number of aromatic nitrogens is 2. The van der Waals surface area contributed by atoms with E-state index in [0.717, 1.165) is 23.0 Å². The van der Waals surface area contributed by atoms with Crippen LogP contribution in [0.5, 0.6) is 11.5 Å². The van der Waals surface area contributed by atoms with Gasteiger partial charge in [0.2, 0.25) is 5.95 Å². The summed E-state index contributed by atoms with van der Waals surface area (Å²) in [5, 5.41) is 3.28. The van der Waals surface area contributed by atoms with Crippen LogP contribution in [0.25, 0.3) is 11.0 Å². The number of imidazole rings is 1. The number of benzene rings is 2. The summed E-state index contributed by atoms with van der Waals surface area (Å²) in [6.45, 7) is 9.28. The van der Waals surface area contributed by atoms with E-state index in [1.165, 1.54) is 7.11 Å². The number of esters is 1. The fourth-order valence-electron chi connectivity index (χ4n) is 4.14. The topological polar surface area (TPSA) is 74.6 Å². The van der Waals surface area contributed by atoms with E-state index in [0.29, 0.717) is 47.8 Å². The Bertz CT molecular complexity index is 1200. The third kappa shape index (κ3) is 4.40. The molecule has 0 saturated heterocycles. The van der Waals surface area contributed by atoms with Crippen molar-refractivity contribution >= 4 is 23.0 Å². The molecule has 1 atom stereocenters. The van der Waals surface area contributed by atoms with Gasteiger partial charge >= 0.3 is 5.97 Å². The maximum Gasteiger partial charge on any atom is 0.337 e. The van der Waals surface area contributed by atoms with E-state index in [9.17, 15) is 4.79 Å². The maximum absolute atomic E-state index is 12.9. The molecular weight excluding hydrogens is 418 g/mol. The molecule has 33 heavy (non-hydrogen) atoms. The fraction of sp³-hybridized carbons (Fsp3) is 0.385. The average Bonchev–Trinajstić information content (AvgIpc) is 3.16. The van der Waals surface area contributed by atoms with Gasteiger partial charge in [0.1, 0.15) is 0 Å². The second kappa shape index (κ2) is 9.57. The van der Waals surface area contributed by atoms with Crippen LogP contribution < -0.4 is 14.8 Å². The number of anilines is 1. The average molecular weight is 450 g/mol. The summed E-state index contributed by atoms with van der Waals surface area (Å²) in [5.41, 5.74) is 3.91. The summed E-state index contributed by atoms with van der Waals surface area (Å²) in [4.78, 5) is 17.6. The molecule has 7 nitrogen and oxygen atoms in total. The Morgan fingerprint density at radius 2 is 1.94 bits per heavy atom. The summed E-state index contributed by atoms with van der Waals surface area (Å²) in [6, 6.07) is 13.3. The molecule has 0 amide bonds. The Kier molecular flexibility index (Phi) is 6.58. The minimum atomic E-state index is -0.426. The number of fused-ring (bicyclic) bond motifs is 3. The lowest BCUT2D eigenvalue weighted by atomic mass is 9.94. The fourth-order valence-corrected chi connectivity index (χ4v) is 4.14. The van der Waals surface area contributed by atoms with Crippen LogP contribution in [0.1, 0.15) is 45.7 Å². The quantitative estimate of drug-likeness (QED) is 0.469. The Hall–Kier alpha value is -3.48. The molecule has 1 N–H and O–H groups in total. The zero-order valence-electron chi connectivity index (χ0n) is 19.8. The van der Waals surface area contributed by atoms with Gasteiger partial charge in [-0.2, -0.15) is 0 Å². The van der Waals surface area contributed by atoms with E-state index in [1.807, 2.05) is 60.9 Å². The summed E-state index contributed by atoms with van der Waals surface area (Å²) in [5.74, 6) is 2.21. The highest BCUT2D eigenvalue weighted by Gasteiger charge is 2.35. The van der Waals surface area contributed by atoms with Crippen molar-refractivity contribution in [3.05, 3.63) is 59.3 Å². The van der Waals surface area contributed by atoms with Crippen molar-refractivity contribution in [3.63, 3.8) is 0 Å². The van der Waals surface area contributed by atoms with Gasteiger partial charge in [0.15, 0.2) is 11.5 Å². The SMILES string of the molecule is CCOc1cc([C@@H]2C(C(=O)OC)=C(C)Nc3nc4ccccc4n32)ccc1OCCC(C)C.